The first-order chi connectivity index (χ1) is 14.1. The number of halogens is 1. The zero-order valence-corrected chi connectivity index (χ0v) is 17.8. The molecule has 3 heteroatoms. The van der Waals surface area contributed by atoms with Crippen molar-refractivity contribution >= 4 is 33.0 Å². The minimum Gasteiger partial charge on any atom is -0.359 e. The average molecular weight is 444 g/mol. The lowest BCUT2D eigenvalue weighted by Crippen LogP contribution is -2.20. The standard InChI is InChI=1S/C26H22BrNO/c1-18(28-23-10-6-3-7-11-23)26-24(20-12-14-22(27)15-13-20)16-21(17-25(26)29)19-8-4-2-5-9-19/h2-15,17,24,28H,16H2,1H3. The summed E-state index contributed by atoms with van der Waals surface area (Å²) in [5.41, 5.74) is 6.05. The predicted molar refractivity (Wildman–Crippen MR) is 124 cm³/mol. The van der Waals surface area contributed by atoms with Crippen LogP contribution in [-0.2, 0) is 4.79 Å². The maximum absolute atomic E-state index is 13.3. The number of rotatable bonds is 4. The molecule has 3 aromatic rings. The Morgan fingerprint density at radius 1 is 0.897 bits per heavy atom. The van der Waals surface area contributed by atoms with Gasteiger partial charge in [-0.25, -0.2) is 0 Å². The molecule has 3 aromatic carbocycles. The van der Waals surface area contributed by atoms with Gasteiger partial charge in [0, 0.05) is 27.3 Å². The Labute approximate surface area is 180 Å². The molecule has 0 radical (unpaired) electrons. The second kappa shape index (κ2) is 8.62. The van der Waals surface area contributed by atoms with Crippen LogP contribution in [0.5, 0.6) is 0 Å². The summed E-state index contributed by atoms with van der Waals surface area (Å²) in [6, 6.07) is 28.4. The number of hydrogen-bond donors (Lipinski definition) is 1. The molecule has 1 N–H and O–H groups in total. The largest absolute Gasteiger partial charge is 0.359 e. The zero-order valence-electron chi connectivity index (χ0n) is 16.2. The van der Waals surface area contributed by atoms with Crippen molar-refractivity contribution in [1.29, 1.82) is 0 Å². The molecule has 0 amide bonds. The van der Waals surface area contributed by atoms with Gasteiger partial charge in [-0.1, -0.05) is 76.6 Å². The molecule has 0 spiro atoms. The van der Waals surface area contributed by atoms with Crippen LogP contribution >= 0.6 is 15.9 Å². The molecule has 4 rings (SSSR count). The Balaban J connectivity index is 1.78. The minimum atomic E-state index is 0.00650. The summed E-state index contributed by atoms with van der Waals surface area (Å²) in [7, 11) is 0. The van der Waals surface area contributed by atoms with Crippen LogP contribution in [0.1, 0.15) is 30.4 Å². The van der Waals surface area contributed by atoms with Crippen LogP contribution in [-0.4, -0.2) is 5.78 Å². The zero-order chi connectivity index (χ0) is 20.2. The van der Waals surface area contributed by atoms with E-state index in [2.05, 4.69) is 45.5 Å². The van der Waals surface area contributed by atoms with Crippen LogP contribution in [0, 0.1) is 0 Å². The monoisotopic (exact) mass is 443 g/mol. The number of allylic oxidation sites excluding steroid dienone is 4. The molecule has 29 heavy (non-hydrogen) atoms. The second-order valence-electron chi connectivity index (χ2n) is 7.24. The summed E-state index contributed by atoms with van der Waals surface area (Å²) in [5, 5.41) is 3.43. The number of carbonyl (C=O) groups excluding carboxylic acids is 1. The fourth-order valence-electron chi connectivity index (χ4n) is 3.87. The van der Waals surface area contributed by atoms with Crippen molar-refractivity contribution in [3.8, 4) is 0 Å². The van der Waals surface area contributed by atoms with Gasteiger partial charge >= 0.3 is 0 Å². The molecule has 1 aliphatic carbocycles. The van der Waals surface area contributed by atoms with Crippen molar-refractivity contribution in [2.75, 3.05) is 5.32 Å². The van der Waals surface area contributed by atoms with Gasteiger partial charge in [0.05, 0.1) is 0 Å². The van der Waals surface area contributed by atoms with Crippen LogP contribution in [0.4, 0.5) is 5.69 Å². The molecule has 0 aromatic heterocycles. The van der Waals surface area contributed by atoms with E-state index in [0.717, 1.165) is 44.6 Å². The van der Waals surface area contributed by atoms with Crippen molar-refractivity contribution in [2.24, 2.45) is 0 Å². The lowest BCUT2D eigenvalue weighted by Gasteiger charge is -2.28. The predicted octanol–water partition coefficient (Wildman–Crippen LogP) is 6.98. The molecule has 0 heterocycles. The molecule has 0 bridgehead atoms. The van der Waals surface area contributed by atoms with Crippen LogP contribution < -0.4 is 5.32 Å². The lowest BCUT2D eigenvalue weighted by molar-refractivity contribution is -0.111. The molecule has 1 aliphatic rings. The van der Waals surface area contributed by atoms with Crippen molar-refractivity contribution in [3.05, 3.63) is 118 Å². The molecule has 1 atom stereocenters. The van der Waals surface area contributed by atoms with Crippen molar-refractivity contribution < 1.29 is 4.79 Å². The Kier molecular flexibility index (Phi) is 5.77. The van der Waals surface area contributed by atoms with Gasteiger partial charge in [0.1, 0.15) is 0 Å². The van der Waals surface area contributed by atoms with E-state index in [9.17, 15) is 4.79 Å². The van der Waals surface area contributed by atoms with Gasteiger partial charge in [-0.15, -0.1) is 0 Å². The quantitative estimate of drug-likeness (QED) is 0.440. The van der Waals surface area contributed by atoms with E-state index in [0.29, 0.717) is 0 Å². The molecular weight excluding hydrogens is 422 g/mol. The molecule has 0 aliphatic heterocycles. The van der Waals surface area contributed by atoms with Gasteiger partial charge in [-0.05, 0) is 60.4 Å². The highest BCUT2D eigenvalue weighted by Crippen LogP contribution is 2.41. The first kappa shape index (κ1) is 19.4. The number of para-hydroxylation sites is 1. The first-order valence-corrected chi connectivity index (χ1v) is 10.5. The lowest BCUT2D eigenvalue weighted by atomic mass is 9.76. The minimum absolute atomic E-state index is 0.00650. The SMILES string of the molecule is CC(Nc1ccccc1)=C1C(=O)C=C(c2ccccc2)CC1c1ccc(Br)cc1. The Bertz CT molecular complexity index is 1070. The molecule has 2 nitrogen and oxygen atoms in total. The second-order valence-corrected chi connectivity index (χ2v) is 8.15. The Morgan fingerprint density at radius 2 is 1.52 bits per heavy atom. The summed E-state index contributed by atoms with van der Waals surface area (Å²) < 4.78 is 1.03. The van der Waals surface area contributed by atoms with Crippen LogP contribution in [0.25, 0.3) is 5.57 Å². The third-order valence-electron chi connectivity index (χ3n) is 5.27. The van der Waals surface area contributed by atoms with Crippen LogP contribution in [0.15, 0.2) is 107 Å². The van der Waals surface area contributed by atoms with E-state index in [-0.39, 0.29) is 11.7 Å². The fraction of sp³-hybridized carbons (Fsp3) is 0.115. The van der Waals surface area contributed by atoms with Gasteiger partial charge in [-0.2, -0.15) is 0 Å². The smallest absolute Gasteiger partial charge is 0.184 e. The Hall–Kier alpha value is -2.91. The summed E-state index contributed by atoms with van der Waals surface area (Å²) in [4.78, 5) is 13.3. The van der Waals surface area contributed by atoms with E-state index in [4.69, 9.17) is 0 Å². The summed E-state index contributed by atoms with van der Waals surface area (Å²) >= 11 is 3.52. The van der Waals surface area contributed by atoms with Crippen LogP contribution in [0.3, 0.4) is 0 Å². The average Bonchev–Trinajstić information content (AvgIpc) is 2.75. The molecule has 0 saturated heterocycles. The molecular formula is C26H22BrNO. The molecule has 0 saturated carbocycles. The highest BCUT2D eigenvalue weighted by molar-refractivity contribution is 9.10. The first-order valence-electron chi connectivity index (χ1n) is 9.70. The van der Waals surface area contributed by atoms with E-state index in [1.54, 1.807) is 6.08 Å². The molecule has 0 fully saturated rings. The summed E-state index contributed by atoms with van der Waals surface area (Å²) in [5.74, 6) is 0.0796. The molecule has 1 unspecified atom stereocenters. The van der Waals surface area contributed by atoms with Gasteiger partial charge in [-0.3, -0.25) is 4.79 Å². The van der Waals surface area contributed by atoms with E-state index in [1.807, 2.05) is 67.6 Å². The molecule has 144 valence electrons. The maximum atomic E-state index is 13.3. The van der Waals surface area contributed by atoms with Crippen LogP contribution in [0.2, 0.25) is 0 Å². The topological polar surface area (TPSA) is 29.1 Å². The number of hydrogen-bond acceptors (Lipinski definition) is 2. The fourth-order valence-corrected chi connectivity index (χ4v) is 4.14. The Morgan fingerprint density at radius 3 is 2.17 bits per heavy atom. The number of benzene rings is 3. The van der Waals surface area contributed by atoms with Gasteiger partial charge in [0.2, 0.25) is 0 Å². The number of carbonyl (C=O) groups is 1. The maximum Gasteiger partial charge on any atom is 0.184 e. The number of nitrogens with one attached hydrogen (secondary N) is 1. The highest BCUT2D eigenvalue weighted by atomic mass is 79.9. The van der Waals surface area contributed by atoms with Crippen molar-refractivity contribution in [2.45, 2.75) is 19.3 Å². The van der Waals surface area contributed by atoms with E-state index < -0.39 is 0 Å². The number of anilines is 1. The van der Waals surface area contributed by atoms with Gasteiger partial charge in [0.15, 0.2) is 5.78 Å². The third kappa shape index (κ3) is 4.41. The normalized spacial score (nSPS) is 18.2. The summed E-state index contributed by atoms with van der Waals surface area (Å²) in [6.45, 7) is 1.99. The van der Waals surface area contributed by atoms with Gasteiger partial charge < -0.3 is 5.32 Å². The summed E-state index contributed by atoms with van der Waals surface area (Å²) in [6.07, 6.45) is 2.59. The van der Waals surface area contributed by atoms with E-state index >= 15 is 0 Å². The third-order valence-corrected chi connectivity index (χ3v) is 5.80. The van der Waals surface area contributed by atoms with Crippen molar-refractivity contribution in [3.63, 3.8) is 0 Å². The van der Waals surface area contributed by atoms with E-state index in [1.165, 1.54) is 0 Å². The highest BCUT2D eigenvalue weighted by Gasteiger charge is 2.30. The number of ketones is 1. The van der Waals surface area contributed by atoms with Crippen molar-refractivity contribution in [1.82, 2.24) is 0 Å². The van der Waals surface area contributed by atoms with Gasteiger partial charge in [0.25, 0.3) is 0 Å².